The molecule has 3 heteroatoms. The van der Waals surface area contributed by atoms with Crippen LogP contribution in [-0.2, 0) is 0 Å². The molecule has 0 bridgehead atoms. The third-order valence-electron chi connectivity index (χ3n) is 4.19. The van der Waals surface area contributed by atoms with Crippen LogP contribution in [0.1, 0.15) is 6.92 Å². The number of benzene rings is 3. The van der Waals surface area contributed by atoms with E-state index >= 15 is 0 Å². The Labute approximate surface area is 136 Å². The molecule has 0 nitrogen and oxygen atoms in total. The normalized spacial score (nSPS) is 11.4. The Bertz CT molecular complexity index is 746. The largest absolute Gasteiger partial charge is 0.207 e. The number of rotatable bonds is 4. The molecule has 0 saturated carbocycles. The second-order valence-electron chi connectivity index (χ2n) is 5.39. The summed E-state index contributed by atoms with van der Waals surface area (Å²) in [6, 6.07) is 23.6. The summed E-state index contributed by atoms with van der Waals surface area (Å²) in [6.45, 7) is 2.05. The Morgan fingerprint density at radius 1 is 0.739 bits per heavy atom. The molecule has 0 aliphatic carbocycles. The molecule has 0 N–H and O–H groups in total. The first-order valence-electron chi connectivity index (χ1n) is 7.63. The van der Waals surface area contributed by atoms with Gasteiger partial charge in [-0.05, 0) is 43.3 Å². The van der Waals surface area contributed by atoms with Gasteiger partial charge in [0.15, 0.2) is 5.82 Å². The second kappa shape index (κ2) is 6.60. The lowest BCUT2D eigenvalue weighted by molar-refractivity contribution is 0.607. The van der Waals surface area contributed by atoms with E-state index in [-0.39, 0.29) is 5.82 Å². The van der Waals surface area contributed by atoms with Crippen LogP contribution in [0.15, 0.2) is 78.9 Å². The van der Waals surface area contributed by atoms with Gasteiger partial charge in [0.2, 0.25) is 0 Å². The standard InChI is InChI=1S/C20H18F2P/c1-2-23(17-9-5-3-6-10-17,18-11-7-4-8-12-18)20-15-16(21)13-14-19(20)22/h3-15H,2H2,1H3/q+1. The highest BCUT2D eigenvalue weighted by atomic mass is 31.2. The maximum atomic E-state index is 14.7. The van der Waals surface area contributed by atoms with E-state index in [0.29, 0.717) is 5.30 Å². The molecule has 0 radical (unpaired) electrons. The van der Waals surface area contributed by atoms with Crippen LogP contribution >= 0.6 is 7.26 Å². The number of hydrogen-bond acceptors (Lipinski definition) is 0. The molecule has 0 spiro atoms. The summed E-state index contributed by atoms with van der Waals surface area (Å²) in [6.07, 6.45) is 0.737. The molecule has 0 amide bonds. The van der Waals surface area contributed by atoms with Gasteiger partial charge in [0, 0.05) is 6.07 Å². The van der Waals surface area contributed by atoms with Crippen LogP contribution in [0.25, 0.3) is 0 Å². The lowest BCUT2D eigenvalue weighted by Crippen LogP contribution is -2.34. The van der Waals surface area contributed by atoms with Crippen molar-refractivity contribution in [3.05, 3.63) is 90.5 Å². The third-order valence-corrected chi connectivity index (χ3v) is 8.66. The predicted molar refractivity (Wildman–Crippen MR) is 95.6 cm³/mol. The first-order valence-corrected chi connectivity index (χ1v) is 9.61. The first-order chi connectivity index (χ1) is 11.2. The Morgan fingerprint density at radius 2 is 1.26 bits per heavy atom. The quantitative estimate of drug-likeness (QED) is 0.628. The molecule has 0 aromatic heterocycles. The van der Waals surface area contributed by atoms with E-state index in [9.17, 15) is 8.78 Å². The van der Waals surface area contributed by atoms with E-state index < -0.39 is 13.1 Å². The fourth-order valence-corrected chi connectivity index (χ4v) is 7.18. The monoisotopic (exact) mass is 327 g/mol. The van der Waals surface area contributed by atoms with E-state index in [1.54, 1.807) is 0 Å². The Morgan fingerprint density at radius 3 is 1.74 bits per heavy atom. The van der Waals surface area contributed by atoms with E-state index in [4.69, 9.17) is 0 Å². The summed E-state index contributed by atoms with van der Waals surface area (Å²) < 4.78 is 28.6. The molecule has 3 aromatic rings. The van der Waals surface area contributed by atoms with Gasteiger partial charge in [0.1, 0.15) is 29.0 Å². The van der Waals surface area contributed by atoms with Crippen LogP contribution in [0.5, 0.6) is 0 Å². The van der Waals surface area contributed by atoms with Crippen molar-refractivity contribution >= 4 is 23.2 Å². The summed E-state index contributed by atoms with van der Waals surface area (Å²) in [5.74, 6) is -0.736. The molecule has 0 aliphatic rings. The van der Waals surface area contributed by atoms with Crippen LogP contribution in [0, 0.1) is 11.6 Å². The summed E-state index contributed by atoms with van der Waals surface area (Å²) in [7, 11) is -2.21. The highest BCUT2D eigenvalue weighted by molar-refractivity contribution is 7.95. The molecule has 0 aliphatic heterocycles. The molecule has 0 saturated heterocycles. The molecule has 0 unspecified atom stereocenters. The lowest BCUT2D eigenvalue weighted by Gasteiger charge is -2.26. The van der Waals surface area contributed by atoms with Crippen molar-refractivity contribution in [2.45, 2.75) is 6.92 Å². The minimum atomic E-state index is -2.21. The molecular formula is C20H18F2P+. The fourth-order valence-electron chi connectivity index (χ4n) is 3.11. The van der Waals surface area contributed by atoms with Gasteiger partial charge in [-0.15, -0.1) is 0 Å². The number of hydrogen-bond donors (Lipinski definition) is 0. The molecular weight excluding hydrogens is 309 g/mol. The zero-order valence-corrected chi connectivity index (χ0v) is 13.8. The van der Waals surface area contributed by atoms with E-state index in [1.807, 2.05) is 60.7 Å². The first kappa shape index (κ1) is 15.8. The molecule has 3 aromatic carbocycles. The van der Waals surface area contributed by atoms with Gasteiger partial charge in [0.05, 0.1) is 6.16 Å². The Hall–Kier alpha value is -2.05. The molecule has 116 valence electrons. The second-order valence-corrected chi connectivity index (χ2v) is 9.16. The summed E-state index contributed by atoms with van der Waals surface area (Å²) in [4.78, 5) is 0. The van der Waals surface area contributed by atoms with Gasteiger partial charge in [-0.1, -0.05) is 36.4 Å². The zero-order chi connectivity index (χ0) is 16.3. The van der Waals surface area contributed by atoms with E-state index in [0.717, 1.165) is 16.8 Å². The summed E-state index contributed by atoms with van der Waals surface area (Å²) >= 11 is 0. The Balaban J connectivity index is 2.36. The van der Waals surface area contributed by atoms with Gasteiger partial charge in [-0.25, -0.2) is 8.78 Å². The van der Waals surface area contributed by atoms with Crippen molar-refractivity contribution in [1.29, 1.82) is 0 Å². The van der Waals surface area contributed by atoms with Crippen molar-refractivity contribution in [3.8, 4) is 0 Å². The van der Waals surface area contributed by atoms with Gasteiger partial charge >= 0.3 is 0 Å². The Kier molecular flexibility index (Phi) is 4.54. The third kappa shape index (κ3) is 2.80. The minimum absolute atomic E-state index is 0.339. The van der Waals surface area contributed by atoms with E-state index in [1.165, 1.54) is 18.2 Å². The van der Waals surface area contributed by atoms with Crippen LogP contribution in [0.3, 0.4) is 0 Å². The van der Waals surface area contributed by atoms with Gasteiger partial charge in [-0.2, -0.15) is 0 Å². The van der Waals surface area contributed by atoms with Crippen LogP contribution in [-0.4, -0.2) is 6.16 Å². The molecule has 0 fully saturated rings. The smallest absolute Gasteiger partial charge is 0.166 e. The van der Waals surface area contributed by atoms with Crippen LogP contribution in [0.2, 0.25) is 0 Å². The van der Waals surface area contributed by atoms with Crippen molar-refractivity contribution in [2.24, 2.45) is 0 Å². The number of halogens is 2. The average Bonchev–Trinajstić information content (AvgIpc) is 2.61. The summed E-state index contributed by atoms with van der Waals surface area (Å²) in [5.41, 5.74) is 0. The van der Waals surface area contributed by atoms with Crippen LogP contribution in [0.4, 0.5) is 8.78 Å². The lowest BCUT2D eigenvalue weighted by atomic mass is 10.3. The SMILES string of the molecule is CC[P+](c1ccccc1)(c1ccccc1)c1cc(F)ccc1F. The van der Waals surface area contributed by atoms with Crippen molar-refractivity contribution in [1.82, 2.24) is 0 Å². The predicted octanol–water partition coefficient (Wildman–Crippen LogP) is 4.28. The highest BCUT2D eigenvalue weighted by Crippen LogP contribution is 2.55. The highest BCUT2D eigenvalue weighted by Gasteiger charge is 2.45. The topological polar surface area (TPSA) is 0 Å². The maximum Gasteiger partial charge on any atom is 0.166 e. The minimum Gasteiger partial charge on any atom is -0.207 e. The molecule has 0 heterocycles. The molecule has 23 heavy (non-hydrogen) atoms. The average molecular weight is 327 g/mol. The van der Waals surface area contributed by atoms with Gasteiger partial charge < -0.3 is 0 Å². The van der Waals surface area contributed by atoms with E-state index in [2.05, 4.69) is 6.92 Å². The maximum absolute atomic E-state index is 14.7. The van der Waals surface area contributed by atoms with Crippen molar-refractivity contribution in [2.75, 3.05) is 6.16 Å². The van der Waals surface area contributed by atoms with Crippen LogP contribution < -0.4 is 15.9 Å². The molecule has 0 atom stereocenters. The summed E-state index contributed by atoms with van der Waals surface area (Å²) in [5, 5.41) is 2.62. The molecule has 3 rings (SSSR count). The van der Waals surface area contributed by atoms with Gasteiger partial charge in [-0.3, -0.25) is 0 Å². The zero-order valence-electron chi connectivity index (χ0n) is 12.9. The van der Waals surface area contributed by atoms with Crippen molar-refractivity contribution < 1.29 is 8.78 Å². The fraction of sp³-hybridized carbons (Fsp3) is 0.100. The van der Waals surface area contributed by atoms with Gasteiger partial charge in [0.25, 0.3) is 0 Å². The van der Waals surface area contributed by atoms with Crippen molar-refractivity contribution in [3.63, 3.8) is 0 Å².